The number of anilines is 1. The summed E-state index contributed by atoms with van der Waals surface area (Å²) in [5.74, 6) is -0.165. The van der Waals surface area contributed by atoms with Crippen LogP contribution in [0.15, 0.2) is 24.3 Å². The molecule has 1 heterocycles. The second kappa shape index (κ2) is 7.41. The average Bonchev–Trinajstić information content (AvgIpc) is 2.99. The van der Waals surface area contributed by atoms with Gasteiger partial charge in [0.25, 0.3) is 0 Å². The zero-order valence-electron chi connectivity index (χ0n) is 12.3. The lowest BCUT2D eigenvalue weighted by atomic mass is 10.1. The maximum Gasteiger partial charge on any atom is 0.228 e. The van der Waals surface area contributed by atoms with E-state index in [0.29, 0.717) is 6.54 Å². The molecule has 1 aliphatic heterocycles. The highest BCUT2D eigenvalue weighted by molar-refractivity contribution is 5.92. The third-order valence-electron chi connectivity index (χ3n) is 3.94. The molecule has 1 unspecified atom stereocenters. The van der Waals surface area contributed by atoms with Crippen LogP contribution in [0.4, 0.5) is 5.69 Å². The second-order valence-electron chi connectivity index (χ2n) is 5.62. The van der Waals surface area contributed by atoms with Gasteiger partial charge in [0.2, 0.25) is 5.91 Å². The van der Waals surface area contributed by atoms with E-state index in [4.69, 9.17) is 5.73 Å². The van der Waals surface area contributed by atoms with Crippen molar-refractivity contribution < 1.29 is 4.79 Å². The van der Waals surface area contributed by atoms with Gasteiger partial charge in [-0.1, -0.05) is 19.1 Å². The zero-order valence-corrected chi connectivity index (χ0v) is 12.3. The molecule has 1 aliphatic rings. The summed E-state index contributed by atoms with van der Waals surface area (Å²) in [6.07, 6.45) is 3.75. The van der Waals surface area contributed by atoms with E-state index in [1.165, 1.54) is 31.5 Å². The molecule has 0 spiro atoms. The second-order valence-corrected chi connectivity index (χ2v) is 5.62. The Bertz CT molecular complexity index is 424. The van der Waals surface area contributed by atoms with Crippen LogP contribution >= 0.6 is 0 Å². The molecule has 1 fully saturated rings. The Balaban J connectivity index is 1.81. The first-order valence-corrected chi connectivity index (χ1v) is 7.51. The van der Waals surface area contributed by atoms with Gasteiger partial charge in [-0.05, 0) is 50.0 Å². The SMILES string of the molecule is CC(CN)C(=O)Nc1ccc(CCN2CCCC2)cc1. The number of nitrogens with one attached hydrogen (secondary N) is 1. The fourth-order valence-electron chi connectivity index (χ4n) is 2.42. The van der Waals surface area contributed by atoms with E-state index in [9.17, 15) is 4.79 Å². The molecule has 0 saturated carbocycles. The van der Waals surface area contributed by atoms with Crippen LogP contribution in [0.5, 0.6) is 0 Å². The number of rotatable bonds is 6. The minimum atomic E-state index is -0.148. The number of nitrogens with two attached hydrogens (primary N) is 1. The molecule has 4 nitrogen and oxygen atoms in total. The summed E-state index contributed by atoms with van der Waals surface area (Å²) in [4.78, 5) is 14.2. The minimum absolute atomic E-state index is 0.0164. The third kappa shape index (κ3) is 4.32. The highest BCUT2D eigenvalue weighted by atomic mass is 16.1. The fourth-order valence-corrected chi connectivity index (χ4v) is 2.42. The molecule has 110 valence electrons. The first-order valence-electron chi connectivity index (χ1n) is 7.51. The smallest absolute Gasteiger partial charge is 0.228 e. The van der Waals surface area contributed by atoms with Crippen LogP contribution in [0.25, 0.3) is 0 Å². The van der Waals surface area contributed by atoms with Crippen LogP contribution in [-0.4, -0.2) is 37.0 Å². The third-order valence-corrected chi connectivity index (χ3v) is 3.94. The summed E-state index contributed by atoms with van der Waals surface area (Å²) in [5, 5.41) is 2.89. The van der Waals surface area contributed by atoms with Crippen molar-refractivity contribution in [3.63, 3.8) is 0 Å². The molecule has 0 radical (unpaired) electrons. The van der Waals surface area contributed by atoms with Crippen molar-refractivity contribution >= 4 is 11.6 Å². The van der Waals surface area contributed by atoms with Gasteiger partial charge in [0.15, 0.2) is 0 Å². The molecule has 2 rings (SSSR count). The van der Waals surface area contributed by atoms with E-state index >= 15 is 0 Å². The molecule has 1 atom stereocenters. The number of carbonyl (C=O) groups excluding carboxylic acids is 1. The Labute approximate surface area is 121 Å². The zero-order chi connectivity index (χ0) is 14.4. The lowest BCUT2D eigenvalue weighted by Gasteiger charge is -2.14. The molecule has 0 aromatic heterocycles. The predicted molar refractivity (Wildman–Crippen MR) is 82.7 cm³/mol. The van der Waals surface area contributed by atoms with E-state index in [1.54, 1.807) is 0 Å². The van der Waals surface area contributed by atoms with Gasteiger partial charge in [0.05, 0.1) is 0 Å². The summed E-state index contributed by atoms with van der Waals surface area (Å²) in [6.45, 7) is 5.83. The number of amides is 1. The fraction of sp³-hybridized carbons (Fsp3) is 0.562. The topological polar surface area (TPSA) is 58.4 Å². The predicted octanol–water partition coefficient (Wildman–Crippen LogP) is 1.86. The molecule has 1 amide bonds. The number of likely N-dealkylation sites (tertiary alicyclic amines) is 1. The van der Waals surface area contributed by atoms with Crippen molar-refractivity contribution in [1.29, 1.82) is 0 Å². The Morgan fingerprint density at radius 1 is 1.30 bits per heavy atom. The number of nitrogens with zero attached hydrogens (tertiary/aromatic N) is 1. The summed E-state index contributed by atoms with van der Waals surface area (Å²) < 4.78 is 0. The monoisotopic (exact) mass is 275 g/mol. The van der Waals surface area contributed by atoms with Crippen molar-refractivity contribution in [2.24, 2.45) is 11.7 Å². The minimum Gasteiger partial charge on any atom is -0.330 e. The number of hydrogen-bond acceptors (Lipinski definition) is 3. The molecule has 1 aromatic rings. The maximum absolute atomic E-state index is 11.7. The van der Waals surface area contributed by atoms with Crippen molar-refractivity contribution in [2.45, 2.75) is 26.2 Å². The van der Waals surface area contributed by atoms with E-state index in [0.717, 1.165) is 18.7 Å². The van der Waals surface area contributed by atoms with Crippen LogP contribution in [0.3, 0.4) is 0 Å². The van der Waals surface area contributed by atoms with Crippen molar-refractivity contribution in [3.05, 3.63) is 29.8 Å². The van der Waals surface area contributed by atoms with Gasteiger partial charge in [-0.25, -0.2) is 0 Å². The van der Waals surface area contributed by atoms with Crippen LogP contribution in [-0.2, 0) is 11.2 Å². The van der Waals surface area contributed by atoms with Gasteiger partial charge < -0.3 is 16.0 Å². The average molecular weight is 275 g/mol. The summed E-state index contributed by atoms with van der Waals surface area (Å²) >= 11 is 0. The molecular weight excluding hydrogens is 250 g/mol. The molecule has 20 heavy (non-hydrogen) atoms. The molecule has 3 N–H and O–H groups in total. The summed E-state index contributed by atoms with van der Waals surface area (Å²) in [5.41, 5.74) is 7.65. The van der Waals surface area contributed by atoms with Crippen molar-refractivity contribution in [1.82, 2.24) is 4.90 Å². The highest BCUT2D eigenvalue weighted by Gasteiger charge is 2.12. The Hall–Kier alpha value is -1.39. The van der Waals surface area contributed by atoms with Crippen LogP contribution in [0.1, 0.15) is 25.3 Å². The summed E-state index contributed by atoms with van der Waals surface area (Å²) in [7, 11) is 0. The van der Waals surface area contributed by atoms with Crippen LogP contribution in [0.2, 0.25) is 0 Å². The molecule has 0 aliphatic carbocycles. The first kappa shape index (κ1) is 15.0. The highest BCUT2D eigenvalue weighted by Crippen LogP contribution is 2.13. The van der Waals surface area contributed by atoms with Gasteiger partial charge in [0.1, 0.15) is 0 Å². The molecular formula is C16H25N3O. The van der Waals surface area contributed by atoms with Crippen LogP contribution in [0, 0.1) is 5.92 Å². The molecule has 1 aromatic carbocycles. The lowest BCUT2D eigenvalue weighted by molar-refractivity contribution is -0.119. The van der Waals surface area contributed by atoms with Gasteiger partial charge >= 0.3 is 0 Å². The Morgan fingerprint density at radius 2 is 1.95 bits per heavy atom. The van der Waals surface area contributed by atoms with E-state index in [1.807, 2.05) is 19.1 Å². The maximum atomic E-state index is 11.7. The number of hydrogen-bond donors (Lipinski definition) is 2. The van der Waals surface area contributed by atoms with E-state index in [2.05, 4.69) is 22.3 Å². The Morgan fingerprint density at radius 3 is 2.55 bits per heavy atom. The molecule has 1 saturated heterocycles. The Kier molecular flexibility index (Phi) is 5.56. The molecule has 0 bridgehead atoms. The van der Waals surface area contributed by atoms with Gasteiger partial charge in [-0.15, -0.1) is 0 Å². The van der Waals surface area contributed by atoms with Gasteiger partial charge in [-0.2, -0.15) is 0 Å². The number of benzene rings is 1. The molecule has 4 heteroatoms. The van der Waals surface area contributed by atoms with E-state index < -0.39 is 0 Å². The number of carbonyl (C=O) groups is 1. The lowest BCUT2D eigenvalue weighted by Crippen LogP contribution is -2.26. The first-order chi connectivity index (χ1) is 9.69. The van der Waals surface area contributed by atoms with Gasteiger partial charge in [0, 0.05) is 24.7 Å². The van der Waals surface area contributed by atoms with E-state index in [-0.39, 0.29) is 11.8 Å². The largest absolute Gasteiger partial charge is 0.330 e. The summed E-state index contributed by atoms with van der Waals surface area (Å²) in [6, 6.07) is 8.14. The van der Waals surface area contributed by atoms with Crippen LogP contribution < -0.4 is 11.1 Å². The van der Waals surface area contributed by atoms with Gasteiger partial charge in [-0.3, -0.25) is 4.79 Å². The standard InChI is InChI=1S/C16H25N3O/c1-13(12-17)16(20)18-15-6-4-14(5-7-15)8-11-19-9-2-3-10-19/h4-7,13H,2-3,8-12,17H2,1H3,(H,18,20). The quantitative estimate of drug-likeness (QED) is 0.833. The normalized spacial score (nSPS) is 17.1. The van der Waals surface area contributed by atoms with Crippen molar-refractivity contribution in [3.8, 4) is 0 Å². The van der Waals surface area contributed by atoms with Crippen molar-refractivity contribution in [2.75, 3.05) is 31.5 Å².